The highest BCUT2D eigenvalue weighted by atomic mass is 16.5. The molecule has 172 valence electrons. The van der Waals surface area contributed by atoms with Gasteiger partial charge in [0.05, 0.1) is 36.4 Å². The van der Waals surface area contributed by atoms with E-state index in [0.717, 1.165) is 29.0 Å². The maximum absolute atomic E-state index is 13.1. The number of amides is 3. The summed E-state index contributed by atoms with van der Waals surface area (Å²) in [6, 6.07) is 14.8. The number of hydrogen-bond acceptors (Lipinski definition) is 5. The van der Waals surface area contributed by atoms with Crippen molar-refractivity contribution in [3.05, 3.63) is 71.8 Å². The lowest BCUT2D eigenvalue weighted by Crippen LogP contribution is -2.32. The maximum Gasteiger partial charge on any atom is 0.240 e. The van der Waals surface area contributed by atoms with E-state index in [2.05, 4.69) is 17.3 Å². The van der Waals surface area contributed by atoms with Crippen molar-refractivity contribution in [3.8, 4) is 5.75 Å². The summed E-state index contributed by atoms with van der Waals surface area (Å²) in [4.78, 5) is 39.8. The van der Waals surface area contributed by atoms with Gasteiger partial charge in [0, 0.05) is 13.3 Å². The van der Waals surface area contributed by atoms with Crippen molar-refractivity contribution >= 4 is 29.1 Å². The summed E-state index contributed by atoms with van der Waals surface area (Å²) in [5.74, 6) is 0.418. The zero-order valence-electron chi connectivity index (χ0n) is 19.0. The van der Waals surface area contributed by atoms with E-state index in [9.17, 15) is 14.4 Å². The first-order valence-electron chi connectivity index (χ1n) is 11.6. The van der Waals surface area contributed by atoms with Crippen LogP contribution in [0.1, 0.15) is 36.9 Å². The number of benzene rings is 2. The van der Waals surface area contributed by atoms with E-state index in [1.165, 1.54) is 16.8 Å². The highest BCUT2D eigenvalue weighted by molar-refractivity contribution is 6.23. The number of hydrogen-bond donors (Lipinski definition) is 0. The van der Waals surface area contributed by atoms with Gasteiger partial charge in [-0.1, -0.05) is 36.4 Å². The summed E-state index contributed by atoms with van der Waals surface area (Å²) >= 11 is 0. The Morgan fingerprint density at radius 1 is 0.941 bits per heavy atom. The van der Waals surface area contributed by atoms with Crippen molar-refractivity contribution < 1.29 is 19.1 Å². The van der Waals surface area contributed by atoms with Crippen molar-refractivity contribution in [3.63, 3.8) is 0 Å². The summed E-state index contributed by atoms with van der Waals surface area (Å²) in [5.41, 5.74) is 3.24. The number of anilines is 1. The zero-order chi connectivity index (χ0) is 23.6. The lowest BCUT2D eigenvalue weighted by atomic mass is 9.85. The molecule has 2 fully saturated rings. The van der Waals surface area contributed by atoms with Gasteiger partial charge >= 0.3 is 0 Å². The van der Waals surface area contributed by atoms with E-state index in [4.69, 9.17) is 4.74 Å². The van der Waals surface area contributed by atoms with Gasteiger partial charge in [-0.15, -0.1) is 0 Å². The van der Waals surface area contributed by atoms with Gasteiger partial charge in [0.2, 0.25) is 17.7 Å². The van der Waals surface area contributed by atoms with Crippen molar-refractivity contribution in [1.29, 1.82) is 0 Å². The predicted molar refractivity (Wildman–Crippen MR) is 126 cm³/mol. The summed E-state index contributed by atoms with van der Waals surface area (Å²) < 4.78 is 5.24. The zero-order valence-corrected chi connectivity index (χ0v) is 19.0. The van der Waals surface area contributed by atoms with Gasteiger partial charge in [0.1, 0.15) is 5.75 Å². The number of methoxy groups -OCH3 is 1. The molecule has 0 aromatic heterocycles. The number of allylic oxidation sites excluding steroid dienone is 2. The topological polar surface area (TPSA) is 79.3 Å². The van der Waals surface area contributed by atoms with Crippen LogP contribution in [0, 0.1) is 23.7 Å². The van der Waals surface area contributed by atoms with E-state index >= 15 is 0 Å². The van der Waals surface area contributed by atoms with Crippen LogP contribution in [0.25, 0.3) is 0 Å². The SMILES string of the molecule is COc1ccc(C2CC(c3ccc(N4C(=O)[C@@H]5[C@H](C4=O)[C@@H]4C=C[C@H]5C4)cc3)=NN2C(C)=O)cc1. The average molecular weight is 456 g/mol. The number of carbonyl (C=O) groups excluding carboxylic acids is 3. The number of rotatable bonds is 4. The van der Waals surface area contributed by atoms with Gasteiger partial charge in [-0.25, -0.2) is 5.01 Å². The van der Waals surface area contributed by atoms with Crippen molar-refractivity contribution in [1.82, 2.24) is 5.01 Å². The summed E-state index contributed by atoms with van der Waals surface area (Å²) in [6.45, 7) is 1.51. The molecule has 2 aromatic carbocycles. The number of nitrogens with zero attached hydrogens (tertiary/aromatic N) is 3. The fourth-order valence-electron chi connectivity index (χ4n) is 6.02. The fourth-order valence-corrected chi connectivity index (χ4v) is 6.02. The molecule has 2 aromatic rings. The van der Waals surface area contributed by atoms with Crippen molar-refractivity contribution in [2.45, 2.75) is 25.8 Å². The summed E-state index contributed by atoms with van der Waals surface area (Å²) in [7, 11) is 1.62. The Morgan fingerprint density at radius 2 is 1.56 bits per heavy atom. The predicted octanol–water partition coefficient (Wildman–Crippen LogP) is 3.70. The highest BCUT2D eigenvalue weighted by Gasteiger charge is 2.59. The third-order valence-electron chi connectivity index (χ3n) is 7.66. The maximum atomic E-state index is 13.1. The van der Waals surface area contributed by atoms with E-state index in [1.807, 2.05) is 48.5 Å². The molecule has 3 amide bonds. The van der Waals surface area contributed by atoms with Crippen LogP contribution in [-0.4, -0.2) is 35.6 Å². The molecule has 7 nitrogen and oxygen atoms in total. The van der Waals surface area contributed by atoms with Crippen molar-refractivity contribution in [2.75, 3.05) is 12.0 Å². The summed E-state index contributed by atoms with van der Waals surface area (Å²) in [5, 5.41) is 6.12. The number of ether oxygens (including phenoxy) is 1. The molecule has 1 saturated heterocycles. The molecule has 2 heterocycles. The quantitative estimate of drug-likeness (QED) is 0.520. The Labute approximate surface area is 197 Å². The molecular weight excluding hydrogens is 430 g/mol. The molecule has 7 heteroatoms. The molecular formula is C27H25N3O4. The Kier molecular flexibility index (Phi) is 4.69. The van der Waals surface area contributed by atoms with E-state index in [1.54, 1.807) is 7.11 Å². The molecule has 4 aliphatic rings. The first-order valence-corrected chi connectivity index (χ1v) is 11.6. The molecule has 1 saturated carbocycles. The minimum atomic E-state index is -0.212. The first-order chi connectivity index (χ1) is 16.5. The lowest BCUT2D eigenvalue weighted by Gasteiger charge is -2.20. The Hall–Kier alpha value is -3.74. The van der Waals surface area contributed by atoms with Crippen LogP contribution in [0.15, 0.2) is 65.8 Å². The monoisotopic (exact) mass is 455 g/mol. The van der Waals surface area contributed by atoms with Gasteiger partial charge in [0.25, 0.3) is 0 Å². The Balaban J connectivity index is 1.24. The second-order valence-electron chi connectivity index (χ2n) is 9.46. The van der Waals surface area contributed by atoms with Crippen LogP contribution in [0.2, 0.25) is 0 Å². The van der Waals surface area contributed by atoms with Gasteiger partial charge in [-0.05, 0) is 53.6 Å². The minimum absolute atomic E-state index is 0.0832. The second kappa shape index (κ2) is 7.65. The van der Waals surface area contributed by atoms with Crippen LogP contribution < -0.4 is 9.64 Å². The van der Waals surface area contributed by atoms with Crippen LogP contribution in [0.5, 0.6) is 5.75 Å². The molecule has 1 unspecified atom stereocenters. The van der Waals surface area contributed by atoms with Gasteiger partial charge in [-0.2, -0.15) is 5.10 Å². The normalized spacial score (nSPS) is 29.1. The molecule has 2 aliphatic carbocycles. The number of carbonyl (C=O) groups is 3. The van der Waals surface area contributed by atoms with Crippen LogP contribution in [0.3, 0.4) is 0 Å². The number of hydrazone groups is 1. The minimum Gasteiger partial charge on any atom is -0.497 e. The summed E-state index contributed by atoms with van der Waals surface area (Å²) in [6.07, 6.45) is 5.69. The van der Waals surface area contributed by atoms with Gasteiger partial charge in [0.15, 0.2) is 0 Å². The third kappa shape index (κ3) is 3.03. The lowest BCUT2D eigenvalue weighted by molar-refractivity contribution is -0.130. The van der Waals surface area contributed by atoms with Crippen LogP contribution >= 0.6 is 0 Å². The molecule has 6 rings (SSSR count). The number of fused-ring (bicyclic) bond motifs is 5. The average Bonchev–Trinajstić information content (AvgIpc) is 3.62. The molecule has 2 aliphatic heterocycles. The van der Waals surface area contributed by atoms with E-state index in [-0.39, 0.29) is 47.4 Å². The largest absolute Gasteiger partial charge is 0.497 e. The molecule has 2 bridgehead atoms. The Bertz CT molecular complexity index is 1220. The van der Waals surface area contributed by atoms with Gasteiger partial charge < -0.3 is 4.74 Å². The van der Waals surface area contributed by atoms with Crippen molar-refractivity contribution in [2.24, 2.45) is 28.8 Å². The number of imide groups is 1. The van der Waals surface area contributed by atoms with Crippen LogP contribution in [0.4, 0.5) is 5.69 Å². The fraction of sp³-hybridized carbons (Fsp3) is 0.333. The second-order valence-corrected chi connectivity index (χ2v) is 9.46. The van der Waals surface area contributed by atoms with E-state index in [0.29, 0.717) is 12.1 Å². The first kappa shape index (κ1) is 20.8. The van der Waals surface area contributed by atoms with Gasteiger partial charge in [-0.3, -0.25) is 19.3 Å². The Morgan fingerprint density at radius 3 is 2.12 bits per heavy atom. The molecule has 5 atom stereocenters. The smallest absolute Gasteiger partial charge is 0.240 e. The highest BCUT2D eigenvalue weighted by Crippen LogP contribution is 2.53. The standard InChI is InChI=1S/C27H25N3O4/c1-15(31)30-23(17-7-11-21(34-2)12-8-17)14-22(28-30)16-5-9-20(10-6-16)29-26(32)24-18-3-4-19(13-18)25(24)27(29)33/h3-12,18-19,23-25H,13-14H2,1-2H3/t18-,19+,23?,24-,25+. The molecule has 0 radical (unpaired) electrons. The third-order valence-corrected chi connectivity index (χ3v) is 7.66. The van der Waals surface area contributed by atoms with E-state index < -0.39 is 0 Å². The molecule has 0 N–H and O–H groups in total. The molecule has 34 heavy (non-hydrogen) atoms. The van der Waals surface area contributed by atoms with Crippen LogP contribution in [-0.2, 0) is 14.4 Å². The molecule has 0 spiro atoms.